The summed E-state index contributed by atoms with van der Waals surface area (Å²) in [6.07, 6.45) is 0. The topological polar surface area (TPSA) is 0 Å². The molecular formula is C26H19Br. The zero-order valence-electron chi connectivity index (χ0n) is 15.1. The van der Waals surface area contributed by atoms with Crippen LogP contribution in [-0.2, 0) is 0 Å². The van der Waals surface area contributed by atoms with Crippen molar-refractivity contribution in [3.05, 3.63) is 107 Å². The van der Waals surface area contributed by atoms with Gasteiger partial charge >= 0.3 is 0 Å². The third-order valence-corrected chi connectivity index (χ3v) is 6.14. The van der Waals surface area contributed by atoms with Crippen molar-refractivity contribution in [3.8, 4) is 33.4 Å². The molecular weight excluding hydrogens is 392 g/mol. The SMILES string of the molecule is CC1c2ccccc2-c2cc(-c3cccc(-c4ccc(Br)cc4)c3)ccc21. The van der Waals surface area contributed by atoms with Crippen LogP contribution in [0.3, 0.4) is 0 Å². The standard InChI is InChI=1S/C26H19Br/c1-17-23-7-2-3-8-25(23)26-16-21(11-14-24(17)26)20-6-4-5-19(15-20)18-9-12-22(27)13-10-18/h2-17H,1H3. The molecule has 1 atom stereocenters. The van der Waals surface area contributed by atoms with E-state index in [4.69, 9.17) is 0 Å². The van der Waals surface area contributed by atoms with E-state index in [1.807, 2.05) is 0 Å². The Labute approximate surface area is 168 Å². The van der Waals surface area contributed by atoms with Crippen LogP contribution in [0.2, 0.25) is 0 Å². The molecule has 1 heteroatoms. The van der Waals surface area contributed by atoms with E-state index in [1.54, 1.807) is 0 Å². The Bertz CT molecular complexity index is 1140. The fraction of sp³-hybridized carbons (Fsp3) is 0.0769. The van der Waals surface area contributed by atoms with Crippen LogP contribution in [0.1, 0.15) is 24.0 Å². The van der Waals surface area contributed by atoms with E-state index in [2.05, 4.69) is 114 Å². The summed E-state index contributed by atoms with van der Waals surface area (Å²) < 4.78 is 1.11. The number of fused-ring (bicyclic) bond motifs is 3. The molecule has 4 aromatic carbocycles. The van der Waals surface area contributed by atoms with Crippen molar-refractivity contribution in [2.75, 3.05) is 0 Å². The Morgan fingerprint density at radius 1 is 0.556 bits per heavy atom. The van der Waals surface area contributed by atoms with Gasteiger partial charge < -0.3 is 0 Å². The molecule has 27 heavy (non-hydrogen) atoms. The highest BCUT2D eigenvalue weighted by atomic mass is 79.9. The second-order valence-electron chi connectivity index (χ2n) is 7.20. The highest BCUT2D eigenvalue weighted by molar-refractivity contribution is 9.10. The third-order valence-electron chi connectivity index (χ3n) is 5.61. The van der Waals surface area contributed by atoms with Crippen molar-refractivity contribution in [2.45, 2.75) is 12.8 Å². The first-order valence-electron chi connectivity index (χ1n) is 9.30. The van der Waals surface area contributed by atoms with E-state index in [0.717, 1.165) is 4.47 Å². The van der Waals surface area contributed by atoms with Crippen LogP contribution in [0, 0.1) is 0 Å². The molecule has 0 heterocycles. The van der Waals surface area contributed by atoms with Crippen molar-refractivity contribution in [2.24, 2.45) is 0 Å². The summed E-state index contributed by atoms with van der Waals surface area (Å²) in [6, 6.07) is 33.0. The van der Waals surface area contributed by atoms with Crippen molar-refractivity contribution >= 4 is 15.9 Å². The van der Waals surface area contributed by atoms with Gasteiger partial charge in [-0.25, -0.2) is 0 Å². The van der Waals surface area contributed by atoms with Gasteiger partial charge in [-0.3, -0.25) is 0 Å². The minimum Gasteiger partial charge on any atom is -0.0619 e. The van der Waals surface area contributed by atoms with Crippen LogP contribution in [0.4, 0.5) is 0 Å². The summed E-state index contributed by atoms with van der Waals surface area (Å²) in [4.78, 5) is 0. The van der Waals surface area contributed by atoms with Gasteiger partial charge in [0.25, 0.3) is 0 Å². The van der Waals surface area contributed by atoms with E-state index < -0.39 is 0 Å². The molecule has 0 saturated carbocycles. The predicted molar refractivity (Wildman–Crippen MR) is 118 cm³/mol. The summed E-state index contributed by atoms with van der Waals surface area (Å²) in [6.45, 7) is 2.30. The fourth-order valence-electron chi connectivity index (χ4n) is 4.15. The highest BCUT2D eigenvalue weighted by Gasteiger charge is 2.25. The minimum absolute atomic E-state index is 0.472. The molecule has 130 valence electrons. The van der Waals surface area contributed by atoms with E-state index in [-0.39, 0.29) is 0 Å². The van der Waals surface area contributed by atoms with Crippen LogP contribution < -0.4 is 0 Å². The Morgan fingerprint density at radius 2 is 1.19 bits per heavy atom. The zero-order valence-corrected chi connectivity index (χ0v) is 16.7. The largest absolute Gasteiger partial charge is 0.0619 e. The van der Waals surface area contributed by atoms with E-state index >= 15 is 0 Å². The minimum atomic E-state index is 0.472. The third kappa shape index (κ3) is 2.83. The first kappa shape index (κ1) is 16.5. The average molecular weight is 411 g/mol. The van der Waals surface area contributed by atoms with Gasteiger partial charge in [0.15, 0.2) is 0 Å². The maximum atomic E-state index is 3.52. The summed E-state index contributed by atoms with van der Waals surface area (Å²) in [5.41, 5.74) is 10.6. The number of hydrogen-bond acceptors (Lipinski definition) is 0. The lowest BCUT2D eigenvalue weighted by Crippen LogP contribution is -1.89. The smallest absolute Gasteiger partial charge is 0.0175 e. The summed E-state index contributed by atoms with van der Waals surface area (Å²) in [5, 5.41) is 0. The number of benzene rings is 4. The predicted octanol–water partition coefficient (Wildman–Crippen LogP) is 7.92. The number of rotatable bonds is 2. The van der Waals surface area contributed by atoms with Crippen molar-refractivity contribution in [3.63, 3.8) is 0 Å². The molecule has 0 nitrogen and oxygen atoms in total. The fourth-order valence-corrected chi connectivity index (χ4v) is 4.42. The van der Waals surface area contributed by atoms with Gasteiger partial charge in [0, 0.05) is 10.4 Å². The van der Waals surface area contributed by atoms with Gasteiger partial charge in [-0.05, 0) is 68.8 Å². The van der Waals surface area contributed by atoms with Crippen LogP contribution in [-0.4, -0.2) is 0 Å². The average Bonchev–Trinajstić information content (AvgIpc) is 3.01. The Hall–Kier alpha value is -2.64. The molecule has 0 aliphatic heterocycles. The molecule has 0 aromatic heterocycles. The molecule has 0 N–H and O–H groups in total. The summed E-state index contributed by atoms with van der Waals surface area (Å²) in [7, 11) is 0. The first-order chi connectivity index (χ1) is 13.2. The van der Waals surface area contributed by atoms with Gasteiger partial charge in [0.2, 0.25) is 0 Å². The first-order valence-corrected chi connectivity index (χ1v) is 10.1. The molecule has 4 aromatic rings. The van der Waals surface area contributed by atoms with E-state index in [1.165, 1.54) is 44.5 Å². The van der Waals surface area contributed by atoms with Crippen molar-refractivity contribution in [1.82, 2.24) is 0 Å². The lowest BCUT2D eigenvalue weighted by molar-refractivity contribution is 0.957. The van der Waals surface area contributed by atoms with Gasteiger partial charge in [0.05, 0.1) is 0 Å². The van der Waals surface area contributed by atoms with E-state index in [9.17, 15) is 0 Å². The summed E-state index contributed by atoms with van der Waals surface area (Å²) in [5.74, 6) is 0.472. The van der Waals surface area contributed by atoms with Crippen molar-refractivity contribution in [1.29, 1.82) is 0 Å². The number of hydrogen-bond donors (Lipinski definition) is 0. The molecule has 0 fully saturated rings. The second kappa shape index (κ2) is 6.51. The number of halogens is 1. The molecule has 0 amide bonds. The quantitative estimate of drug-likeness (QED) is 0.314. The van der Waals surface area contributed by atoms with Crippen LogP contribution in [0.25, 0.3) is 33.4 Å². The maximum absolute atomic E-state index is 3.52. The van der Waals surface area contributed by atoms with Gasteiger partial charge in [-0.15, -0.1) is 0 Å². The zero-order chi connectivity index (χ0) is 18.4. The van der Waals surface area contributed by atoms with Gasteiger partial charge in [0.1, 0.15) is 0 Å². The second-order valence-corrected chi connectivity index (χ2v) is 8.11. The Balaban J connectivity index is 1.60. The molecule has 0 spiro atoms. The molecule has 1 aliphatic carbocycles. The molecule has 0 bridgehead atoms. The monoisotopic (exact) mass is 410 g/mol. The molecule has 0 saturated heterocycles. The van der Waals surface area contributed by atoms with Gasteiger partial charge in [-0.1, -0.05) is 89.6 Å². The lowest BCUT2D eigenvalue weighted by Gasteiger charge is -2.10. The molecule has 5 rings (SSSR count). The molecule has 0 radical (unpaired) electrons. The normalized spacial score (nSPS) is 14.7. The Morgan fingerprint density at radius 3 is 2.00 bits per heavy atom. The van der Waals surface area contributed by atoms with Crippen LogP contribution in [0.5, 0.6) is 0 Å². The van der Waals surface area contributed by atoms with Crippen LogP contribution in [0.15, 0.2) is 95.5 Å². The van der Waals surface area contributed by atoms with Crippen molar-refractivity contribution < 1.29 is 0 Å². The molecule has 1 aliphatic rings. The highest BCUT2D eigenvalue weighted by Crippen LogP contribution is 2.45. The van der Waals surface area contributed by atoms with E-state index in [0.29, 0.717) is 5.92 Å². The molecule has 1 unspecified atom stereocenters. The van der Waals surface area contributed by atoms with Gasteiger partial charge in [-0.2, -0.15) is 0 Å². The maximum Gasteiger partial charge on any atom is 0.0175 e. The lowest BCUT2D eigenvalue weighted by atomic mass is 9.94. The van der Waals surface area contributed by atoms with Crippen LogP contribution >= 0.6 is 15.9 Å². The Kier molecular flexibility index (Phi) is 3.98. The summed E-state index contributed by atoms with van der Waals surface area (Å²) >= 11 is 3.52.